The Labute approximate surface area is 124 Å². The average molecular weight is 293 g/mol. The van der Waals surface area contributed by atoms with Crippen molar-refractivity contribution in [1.82, 2.24) is 9.97 Å². The van der Waals surface area contributed by atoms with Crippen LogP contribution >= 0.6 is 0 Å². The topological polar surface area (TPSA) is 95.3 Å². The molecule has 0 saturated heterocycles. The van der Waals surface area contributed by atoms with Crippen LogP contribution in [0.5, 0.6) is 0 Å². The van der Waals surface area contributed by atoms with Crippen molar-refractivity contribution in [3.05, 3.63) is 17.1 Å². The van der Waals surface area contributed by atoms with E-state index in [1.165, 1.54) is 19.3 Å². The van der Waals surface area contributed by atoms with Gasteiger partial charge in [0.2, 0.25) is 5.82 Å². The zero-order valence-corrected chi connectivity index (χ0v) is 12.6. The summed E-state index contributed by atoms with van der Waals surface area (Å²) in [6.45, 7) is 3.86. The smallest absolute Gasteiger partial charge is 0.374 e. The molecular formula is C15H23N3O3. The van der Waals surface area contributed by atoms with E-state index in [1.807, 2.05) is 6.92 Å². The van der Waals surface area contributed by atoms with Crippen molar-refractivity contribution in [1.29, 1.82) is 0 Å². The van der Waals surface area contributed by atoms with Gasteiger partial charge < -0.3 is 15.5 Å². The molecule has 0 radical (unpaired) electrons. The average Bonchev–Trinajstić information content (AvgIpc) is 2.38. The van der Waals surface area contributed by atoms with Crippen molar-refractivity contribution in [2.24, 2.45) is 5.92 Å². The molecule has 21 heavy (non-hydrogen) atoms. The SMILES string of the molecule is Cc1nc(C(=O)O)nc(N[C@H](CCCO)C2CCC2)c1C. The molecule has 0 aliphatic heterocycles. The molecule has 0 aromatic carbocycles. The summed E-state index contributed by atoms with van der Waals surface area (Å²) in [5, 5.41) is 21.5. The quantitative estimate of drug-likeness (QED) is 0.713. The van der Waals surface area contributed by atoms with Crippen LogP contribution in [0.1, 0.15) is 54.0 Å². The molecule has 1 saturated carbocycles. The predicted molar refractivity (Wildman–Crippen MR) is 79.5 cm³/mol. The van der Waals surface area contributed by atoms with E-state index in [4.69, 9.17) is 10.2 Å². The first-order chi connectivity index (χ1) is 10.0. The Morgan fingerprint density at radius 2 is 2.10 bits per heavy atom. The highest BCUT2D eigenvalue weighted by molar-refractivity contribution is 5.83. The molecule has 1 aromatic rings. The Kier molecular flexibility index (Phi) is 5.12. The minimum atomic E-state index is -1.11. The van der Waals surface area contributed by atoms with Gasteiger partial charge in [-0.3, -0.25) is 0 Å². The highest BCUT2D eigenvalue weighted by Gasteiger charge is 2.28. The van der Waals surface area contributed by atoms with Crippen molar-refractivity contribution in [3.63, 3.8) is 0 Å². The van der Waals surface area contributed by atoms with Crippen molar-refractivity contribution in [2.45, 2.75) is 52.0 Å². The van der Waals surface area contributed by atoms with E-state index in [-0.39, 0.29) is 18.5 Å². The summed E-state index contributed by atoms with van der Waals surface area (Å²) in [5.74, 6) is -0.0962. The van der Waals surface area contributed by atoms with Gasteiger partial charge in [0, 0.05) is 23.9 Å². The first kappa shape index (κ1) is 15.7. The lowest BCUT2D eigenvalue weighted by Crippen LogP contribution is -2.34. The fourth-order valence-corrected chi connectivity index (χ4v) is 2.62. The van der Waals surface area contributed by atoms with Gasteiger partial charge in [0.25, 0.3) is 0 Å². The third kappa shape index (κ3) is 3.69. The number of nitrogens with one attached hydrogen (secondary N) is 1. The Bertz CT molecular complexity index is 515. The van der Waals surface area contributed by atoms with Crippen LogP contribution in [0.15, 0.2) is 0 Å². The first-order valence-electron chi connectivity index (χ1n) is 7.49. The summed E-state index contributed by atoms with van der Waals surface area (Å²) in [6, 6.07) is 0.237. The monoisotopic (exact) mass is 293 g/mol. The number of nitrogens with zero attached hydrogens (tertiary/aromatic N) is 2. The number of aliphatic hydroxyl groups excluding tert-OH is 1. The maximum absolute atomic E-state index is 11.1. The molecule has 1 aliphatic carbocycles. The van der Waals surface area contributed by atoms with Gasteiger partial charge in [-0.2, -0.15) is 0 Å². The molecule has 1 aliphatic rings. The second kappa shape index (κ2) is 6.85. The molecule has 0 amide bonds. The van der Waals surface area contributed by atoms with E-state index in [9.17, 15) is 4.79 Å². The van der Waals surface area contributed by atoms with Crippen LogP contribution in [0.3, 0.4) is 0 Å². The Morgan fingerprint density at radius 1 is 1.38 bits per heavy atom. The number of carboxylic acid groups (broad SMARTS) is 1. The van der Waals surface area contributed by atoms with Gasteiger partial charge >= 0.3 is 5.97 Å². The lowest BCUT2D eigenvalue weighted by atomic mass is 9.78. The zero-order chi connectivity index (χ0) is 15.4. The van der Waals surface area contributed by atoms with Gasteiger partial charge in [-0.1, -0.05) is 6.42 Å². The number of hydrogen-bond donors (Lipinski definition) is 3. The fraction of sp³-hybridized carbons (Fsp3) is 0.667. The molecular weight excluding hydrogens is 270 g/mol. The van der Waals surface area contributed by atoms with E-state index in [0.29, 0.717) is 17.4 Å². The zero-order valence-electron chi connectivity index (χ0n) is 12.6. The van der Waals surface area contributed by atoms with Gasteiger partial charge in [-0.05, 0) is 45.4 Å². The normalized spacial score (nSPS) is 16.3. The minimum absolute atomic E-state index is 0.171. The number of aliphatic hydroxyl groups is 1. The van der Waals surface area contributed by atoms with Crippen molar-refractivity contribution >= 4 is 11.8 Å². The van der Waals surface area contributed by atoms with E-state index < -0.39 is 5.97 Å². The highest BCUT2D eigenvalue weighted by Crippen LogP contribution is 2.33. The summed E-state index contributed by atoms with van der Waals surface area (Å²) < 4.78 is 0. The lowest BCUT2D eigenvalue weighted by Gasteiger charge is -2.35. The lowest BCUT2D eigenvalue weighted by molar-refractivity contribution is 0.0683. The minimum Gasteiger partial charge on any atom is -0.475 e. The molecule has 0 bridgehead atoms. The summed E-state index contributed by atoms with van der Waals surface area (Å²) in [7, 11) is 0. The molecule has 116 valence electrons. The van der Waals surface area contributed by atoms with Crippen LogP contribution < -0.4 is 5.32 Å². The van der Waals surface area contributed by atoms with Gasteiger partial charge in [0.05, 0.1) is 0 Å². The number of anilines is 1. The molecule has 6 nitrogen and oxygen atoms in total. The number of hydrogen-bond acceptors (Lipinski definition) is 5. The maximum Gasteiger partial charge on any atom is 0.374 e. The Morgan fingerprint density at radius 3 is 2.62 bits per heavy atom. The summed E-state index contributed by atoms with van der Waals surface area (Å²) >= 11 is 0. The second-order valence-corrected chi connectivity index (χ2v) is 5.72. The van der Waals surface area contributed by atoms with Gasteiger partial charge in [0.15, 0.2) is 0 Å². The molecule has 3 N–H and O–H groups in total. The maximum atomic E-state index is 11.1. The van der Waals surface area contributed by atoms with Crippen LogP contribution in [-0.4, -0.2) is 38.8 Å². The molecule has 1 aromatic heterocycles. The number of carboxylic acids is 1. The van der Waals surface area contributed by atoms with Crippen LogP contribution in [0.25, 0.3) is 0 Å². The first-order valence-corrected chi connectivity index (χ1v) is 7.49. The largest absolute Gasteiger partial charge is 0.475 e. The number of carbonyl (C=O) groups is 1. The van der Waals surface area contributed by atoms with Crippen molar-refractivity contribution in [3.8, 4) is 0 Å². The molecule has 1 fully saturated rings. The number of aryl methyl sites for hydroxylation is 1. The van der Waals surface area contributed by atoms with Gasteiger partial charge in [-0.15, -0.1) is 0 Å². The van der Waals surface area contributed by atoms with Crippen LogP contribution in [-0.2, 0) is 0 Å². The van der Waals surface area contributed by atoms with E-state index >= 15 is 0 Å². The molecule has 6 heteroatoms. The Hall–Kier alpha value is -1.69. The Balaban J connectivity index is 2.20. The van der Waals surface area contributed by atoms with Crippen LogP contribution in [0, 0.1) is 19.8 Å². The predicted octanol–water partition coefficient (Wildman–Crippen LogP) is 2.14. The molecule has 1 heterocycles. The van der Waals surface area contributed by atoms with Gasteiger partial charge in [0.1, 0.15) is 5.82 Å². The summed E-state index contributed by atoms with van der Waals surface area (Å²) in [5.41, 5.74) is 1.56. The van der Waals surface area contributed by atoms with Crippen molar-refractivity contribution < 1.29 is 15.0 Å². The molecule has 0 spiro atoms. The molecule has 2 rings (SSSR count). The fourth-order valence-electron chi connectivity index (χ4n) is 2.62. The number of aromatic nitrogens is 2. The van der Waals surface area contributed by atoms with E-state index in [0.717, 1.165) is 18.4 Å². The van der Waals surface area contributed by atoms with Crippen molar-refractivity contribution in [2.75, 3.05) is 11.9 Å². The van der Waals surface area contributed by atoms with Crippen LogP contribution in [0.2, 0.25) is 0 Å². The molecule has 1 atom stereocenters. The highest BCUT2D eigenvalue weighted by atomic mass is 16.4. The molecule has 0 unspecified atom stereocenters. The number of aromatic carboxylic acids is 1. The van der Waals surface area contributed by atoms with Gasteiger partial charge in [-0.25, -0.2) is 14.8 Å². The third-order valence-corrected chi connectivity index (χ3v) is 4.29. The second-order valence-electron chi connectivity index (χ2n) is 5.72. The standard InChI is InChI=1S/C15H23N3O3/c1-9-10(2)16-14(15(20)21)18-13(9)17-12(7-4-8-19)11-5-3-6-11/h11-12,19H,3-8H2,1-2H3,(H,20,21)(H,16,17,18)/t12-/m1/s1. The van der Waals surface area contributed by atoms with E-state index in [2.05, 4.69) is 15.3 Å². The number of rotatable bonds is 7. The summed E-state index contributed by atoms with van der Waals surface area (Å²) in [6.07, 6.45) is 5.20. The van der Waals surface area contributed by atoms with Crippen LogP contribution in [0.4, 0.5) is 5.82 Å². The third-order valence-electron chi connectivity index (χ3n) is 4.29. The van der Waals surface area contributed by atoms with E-state index in [1.54, 1.807) is 6.92 Å². The summed E-state index contributed by atoms with van der Waals surface area (Å²) in [4.78, 5) is 19.2.